The molecular formula is C14H17N5S. The Kier molecular flexibility index (Phi) is 3.56. The van der Waals surface area contributed by atoms with Gasteiger partial charge in [0.2, 0.25) is 0 Å². The summed E-state index contributed by atoms with van der Waals surface area (Å²) in [4.78, 5) is 8.95. The zero-order valence-electron chi connectivity index (χ0n) is 11.1. The molecule has 104 valence electrons. The number of anilines is 2. The predicted molar refractivity (Wildman–Crippen MR) is 84.0 cm³/mol. The molecule has 0 aliphatic carbocycles. The lowest BCUT2D eigenvalue weighted by Crippen LogP contribution is -2.47. The summed E-state index contributed by atoms with van der Waals surface area (Å²) in [5, 5.41) is 10.8. The molecule has 0 radical (unpaired) electrons. The summed E-state index contributed by atoms with van der Waals surface area (Å²) >= 11 is 1.68. The maximum atomic E-state index is 7.68. The van der Waals surface area contributed by atoms with Crippen LogP contribution in [0.25, 0.3) is 0 Å². The van der Waals surface area contributed by atoms with Crippen LogP contribution in [0.2, 0.25) is 0 Å². The van der Waals surface area contributed by atoms with Gasteiger partial charge in [0.25, 0.3) is 0 Å². The summed E-state index contributed by atoms with van der Waals surface area (Å²) in [6.45, 7) is 3.73. The number of hydrogen-bond acceptors (Lipinski definition) is 5. The Labute approximate surface area is 122 Å². The maximum Gasteiger partial charge on any atom is 0.185 e. The lowest BCUT2D eigenvalue weighted by atomic mass is 10.1. The third-order valence-electron chi connectivity index (χ3n) is 3.50. The van der Waals surface area contributed by atoms with Crippen molar-refractivity contribution in [3.8, 4) is 0 Å². The van der Waals surface area contributed by atoms with Gasteiger partial charge in [-0.15, -0.1) is 11.3 Å². The van der Waals surface area contributed by atoms with Gasteiger partial charge in [0.05, 0.1) is 0 Å². The van der Waals surface area contributed by atoms with Crippen LogP contribution in [0.3, 0.4) is 0 Å². The molecular weight excluding hydrogens is 270 g/mol. The summed E-state index contributed by atoms with van der Waals surface area (Å²) in [5.74, 6) is 0.128. The molecule has 20 heavy (non-hydrogen) atoms. The summed E-state index contributed by atoms with van der Waals surface area (Å²) in [5.41, 5.74) is 7.53. The fraction of sp³-hybridized carbons (Fsp3) is 0.286. The topological polar surface area (TPSA) is 69.2 Å². The van der Waals surface area contributed by atoms with E-state index in [0.29, 0.717) is 0 Å². The number of nitrogens with one attached hydrogen (secondary N) is 1. The average Bonchev–Trinajstić information content (AvgIpc) is 3.02. The van der Waals surface area contributed by atoms with E-state index in [0.717, 1.165) is 42.6 Å². The Morgan fingerprint density at radius 1 is 1.15 bits per heavy atom. The first-order chi connectivity index (χ1) is 9.75. The van der Waals surface area contributed by atoms with Crippen molar-refractivity contribution >= 4 is 28.0 Å². The number of nitrogens with two attached hydrogens (primary N) is 1. The maximum absolute atomic E-state index is 7.68. The monoisotopic (exact) mass is 287 g/mol. The molecule has 2 heterocycles. The van der Waals surface area contributed by atoms with E-state index in [1.165, 1.54) is 0 Å². The molecule has 1 fully saturated rings. The van der Waals surface area contributed by atoms with E-state index in [-0.39, 0.29) is 5.84 Å². The first-order valence-corrected chi connectivity index (χ1v) is 7.46. The fourth-order valence-corrected chi connectivity index (χ4v) is 3.18. The zero-order chi connectivity index (χ0) is 13.9. The second-order valence-corrected chi connectivity index (χ2v) is 5.59. The molecule has 0 spiro atoms. The molecule has 1 aliphatic rings. The van der Waals surface area contributed by atoms with Gasteiger partial charge in [0.15, 0.2) is 5.13 Å². The van der Waals surface area contributed by atoms with Crippen molar-refractivity contribution in [2.45, 2.75) is 0 Å². The van der Waals surface area contributed by atoms with E-state index in [4.69, 9.17) is 11.1 Å². The van der Waals surface area contributed by atoms with Crippen molar-refractivity contribution in [1.29, 1.82) is 5.41 Å². The van der Waals surface area contributed by atoms with Crippen LogP contribution in [0.15, 0.2) is 35.8 Å². The van der Waals surface area contributed by atoms with Gasteiger partial charge in [-0.05, 0) is 12.1 Å². The van der Waals surface area contributed by atoms with Crippen LogP contribution in [0.1, 0.15) is 5.56 Å². The first-order valence-electron chi connectivity index (χ1n) is 6.58. The second-order valence-electron chi connectivity index (χ2n) is 4.72. The minimum atomic E-state index is 0.128. The Balaban J connectivity index is 1.74. The van der Waals surface area contributed by atoms with Crippen LogP contribution in [-0.2, 0) is 0 Å². The Morgan fingerprint density at radius 2 is 1.85 bits per heavy atom. The van der Waals surface area contributed by atoms with Crippen molar-refractivity contribution in [3.05, 3.63) is 41.4 Å². The summed E-state index contributed by atoms with van der Waals surface area (Å²) in [7, 11) is 0. The van der Waals surface area contributed by atoms with Gasteiger partial charge < -0.3 is 15.5 Å². The van der Waals surface area contributed by atoms with Gasteiger partial charge in [-0.3, -0.25) is 5.41 Å². The number of benzene rings is 1. The summed E-state index contributed by atoms with van der Waals surface area (Å²) < 4.78 is 0. The zero-order valence-corrected chi connectivity index (χ0v) is 11.9. The van der Waals surface area contributed by atoms with Crippen molar-refractivity contribution in [2.75, 3.05) is 36.0 Å². The van der Waals surface area contributed by atoms with Gasteiger partial charge in [0, 0.05) is 49.0 Å². The molecule has 1 saturated heterocycles. The van der Waals surface area contributed by atoms with Crippen molar-refractivity contribution < 1.29 is 0 Å². The van der Waals surface area contributed by atoms with E-state index >= 15 is 0 Å². The highest BCUT2D eigenvalue weighted by Crippen LogP contribution is 2.24. The Morgan fingerprint density at radius 3 is 2.50 bits per heavy atom. The van der Waals surface area contributed by atoms with Crippen LogP contribution < -0.4 is 15.5 Å². The molecule has 0 unspecified atom stereocenters. The SMILES string of the molecule is N=C(N)c1ccccc1N1CCN(c2nccs2)CC1. The lowest BCUT2D eigenvalue weighted by Gasteiger charge is -2.36. The third-order valence-corrected chi connectivity index (χ3v) is 4.34. The Hall–Kier alpha value is -2.08. The standard InChI is InChI=1S/C14H17N5S/c15-13(16)11-3-1-2-4-12(11)18-6-8-19(9-7-18)14-17-5-10-20-14/h1-5,10H,6-9H2,(H3,15,16). The number of para-hydroxylation sites is 1. The van der Waals surface area contributed by atoms with E-state index in [2.05, 4.69) is 14.8 Å². The van der Waals surface area contributed by atoms with Gasteiger partial charge in [-0.1, -0.05) is 12.1 Å². The number of nitrogen functional groups attached to an aromatic ring is 1. The molecule has 0 bridgehead atoms. The number of aromatic nitrogens is 1. The van der Waals surface area contributed by atoms with Crippen LogP contribution in [-0.4, -0.2) is 37.0 Å². The molecule has 2 aromatic rings. The van der Waals surface area contributed by atoms with Crippen LogP contribution in [0.4, 0.5) is 10.8 Å². The molecule has 1 aliphatic heterocycles. The molecule has 3 N–H and O–H groups in total. The fourth-order valence-electron chi connectivity index (χ4n) is 2.49. The molecule has 6 heteroatoms. The minimum absolute atomic E-state index is 0.128. The van der Waals surface area contributed by atoms with E-state index in [1.54, 1.807) is 11.3 Å². The van der Waals surface area contributed by atoms with Crippen molar-refractivity contribution in [3.63, 3.8) is 0 Å². The smallest absolute Gasteiger partial charge is 0.185 e. The number of nitrogens with zero attached hydrogens (tertiary/aromatic N) is 3. The number of thiazole rings is 1. The third kappa shape index (κ3) is 2.46. The van der Waals surface area contributed by atoms with Crippen LogP contribution >= 0.6 is 11.3 Å². The van der Waals surface area contributed by atoms with Crippen LogP contribution in [0.5, 0.6) is 0 Å². The molecule has 5 nitrogen and oxygen atoms in total. The highest BCUT2D eigenvalue weighted by Gasteiger charge is 2.20. The van der Waals surface area contributed by atoms with Gasteiger partial charge in [0.1, 0.15) is 5.84 Å². The quantitative estimate of drug-likeness (QED) is 0.666. The van der Waals surface area contributed by atoms with E-state index < -0.39 is 0 Å². The van der Waals surface area contributed by atoms with Crippen molar-refractivity contribution in [2.24, 2.45) is 5.73 Å². The van der Waals surface area contributed by atoms with Gasteiger partial charge in [-0.2, -0.15) is 0 Å². The number of rotatable bonds is 3. The largest absolute Gasteiger partial charge is 0.384 e. The van der Waals surface area contributed by atoms with Crippen LogP contribution in [0, 0.1) is 5.41 Å². The molecule has 0 saturated carbocycles. The molecule has 0 atom stereocenters. The number of hydrogen-bond donors (Lipinski definition) is 2. The minimum Gasteiger partial charge on any atom is -0.384 e. The average molecular weight is 287 g/mol. The van der Waals surface area contributed by atoms with Gasteiger partial charge in [-0.25, -0.2) is 4.98 Å². The molecule has 1 aromatic heterocycles. The normalized spacial score (nSPS) is 15.4. The highest BCUT2D eigenvalue weighted by atomic mass is 32.1. The van der Waals surface area contributed by atoms with Gasteiger partial charge >= 0.3 is 0 Å². The van der Waals surface area contributed by atoms with E-state index in [1.807, 2.05) is 35.8 Å². The molecule has 0 amide bonds. The number of amidine groups is 1. The second kappa shape index (κ2) is 5.50. The number of piperazine rings is 1. The predicted octanol–water partition coefficient (Wildman–Crippen LogP) is 1.75. The first kappa shape index (κ1) is 12.9. The molecule has 1 aromatic carbocycles. The van der Waals surface area contributed by atoms with E-state index in [9.17, 15) is 0 Å². The molecule has 3 rings (SSSR count). The Bertz CT molecular complexity index is 587. The highest BCUT2D eigenvalue weighted by molar-refractivity contribution is 7.13. The summed E-state index contributed by atoms with van der Waals surface area (Å²) in [6, 6.07) is 7.86. The lowest BCUT2D eigenvalue weighted by molar-refractivity contribution is 0.652. The van der Waals surface area contributed by atoms with Crippen molar-refractivity contribution in [1.82, 2.24) is 4.98 Å². The summed E-state index contributed by atoms with van der Waals surface area (Å²) in [6.07, 6.45) is 1.84.